The SMILES string of the molecule is O=[N+]([O-])c1cccc(S(=O)(=O)OCC(O)Cl)c1. The van der Waals surface area contributed by atoms with Crippen molar-refractivity contribution < 1.29 is 22.6 Å². The van der Waals surface area contributed by atoms with E-state index in [2.05, 4.69) is 4.18 Å². The van der Waals surface area contributed by atoms with Crippen molar-refractivity contribution in [2.75, 3.05) is 6.61 Å². The smallest absolute Gasteiger partial charge is 0.297 e. The molecule has 1 N–H and O–H groups in total. The Labute approximate surface area is 102 Å². The van der Waals surface area contributed by atoms with Gasteiger partial charge in [0.2, 0.25) is 0 Å². The number of alkyl halides is 1. The molecule has 0 aliphatic rings. The standard InChI is InChI=1S/C8H8ClNO6S/c9-8(11)5-16-17(14,15)7-3-1-2-6(4-7)10(12)13/h1-4,8,11H,5H2. The maximum Gasteiger partial charge on any atom is 0.297 e. The Morgan fingerprint density at radius 3 is 2.71 bits per heavy atom. The lowest BCUT2D eigenvalue weighted by atomic mass is 10.3. The number of non-ortho nitro benzene ring substituents is 1. The largest absolute Gasteiger partial charge is 0.375 e. The average Bonchev–Trinajstić information content (AvgIpc) is 2.27. The van der Waals surface area contributed by atoms with Crippen molar-refractivity contribution in [1.29, 1.82) is 0 Å². The molecule has 9 heteroatoms. The monoisotopic (exact) mass is 281 g/mol. The van der Waals surface area contributed by atoms with E-state index in [1.807, 2.05) is 0 Å². The Balaban J connectivity index is 2.99. The molecule has 0 saturated carbocycles. The van der Waals surface area contributed by atoms with E-state index in [1.54, 1.807) is 0 Å². The summed E-state index contributed by atoms with van der Waals surface area (Å²) in [5, 5.41) is 19.1. The van der Waals surface area contributed by atoms with Crippen molar-refractivity contribution in [2.45, 2.75) is 10.5 Å². The first-order valence-corrected chi connectivity index (χ1v) is 6.13. The van der Waals surface area contributed by atoms with Crippen molar-refractivity contribution in [3.8, 4) is 0 Å². The molecule has 0 saturated heterocycles. The highest BCUT2D eigenvalue weighted by Crippen LogP contribution is 2.19. The molecule has 17 heavy (non-hydrogen) atoms. The van der Waals surface area contributed by atoms with Gasteiger partial charge in [-0.25, -0.2) is 0 Å². The molecular formula is C8H8ClNO6S. The fourth-order valence-corrected chi connectivity index (χ4v) is 2.06. The first kappa shape index (κ1) is 13.8. The Morgan fingerprint density at radius 1 is 1.53 bits per heavy atom. The van der Waals surface area contributed by atoms with E-state index in [4.69, 9.17) is 16.7 Å². The zero-order valence-corrected chi connectivity index (χ0v) is 9.89. The van der Waals surface area contributed by atoms with Gasteiger partial charge in [-0.3, -0.25) is 14.3 Å². The molecule has 1 aromatic rings. The zero-order valence-electron chi connectivity index (χ0n) is 8.32. The third kappa shape index (κ3) is 3.93. The van der Waals surface area contributed by atoms with Crippen LogP contribution >= 0.6 is 11.6 Å². The van der Waals surface area contributed by atoms with E-state index < -0.39 is 27.2 Å². The molecular weight excluding hydrogens is 274 g/mol. The molecule has 0 heterocycles. The summed E-state index contributed by atoms with van der Waals surface area (Å²) < 4.78 is 27.4. The van der Waals surface area contributed by atoms with Crippen LogP contribution in [0.25, 0.3) is 0 Å². The van der Waals surface area contributed by atoms with Crippen LogP contribution in [0.2, 0.25) is 0 Å². The third-order valence-electron chi connectivity index (χ3n) is 1.68. The van der Waals surface area contributed by atoms with Crippen LogP contribution in [0.3, 0.4) is 0 Å². The van der Waals surface area contributed by atoms with E-state index in [0.717, 1.165) is 18.2 Å². The van der Waals surface area contributed by atoms with Crippen LogP contribution in [0.5, 0.6) is 0 Å². The lowest BCUT2D eigenvalue weighted by Crippen LogP contribution is -2.14. The van der Waals surface area contributed by atoms with Crippen LogP contribution in [0.4, 0.5) is 5.69 Å². The van der Waals surface area contributed by atoms with Crippen LogP contribution in [0, 0.1) is 10.1 Å². The minimum absolute atomic E-state index is 0.371. The summed E-state index contributed by atoms with van der Waals surface area (Å²) in [4.78, 5) is 9.36. The lowest BCUT2D eigenvalue weighted by Gasteiger charge is -2.05. The molecule has 0 aliphatic carbocycles. The summed E-state index contributed by atoms with van der Waals surface area (Å²) in [6.07, 6.45) is 0. The summed E-state index contributed by atoms with van der Waals surface area (Å²) in [5.41, 5.74) is -1.84. The number of benzene rings is 1. The van der Waals surface area contributed by atoms with Gasteiger partial charge < -0.3 is 5.11 Å². The van der Waals surface area contributed by atoms with Crippen LogP contribution < -0.4 is 0 Å². The molecule has 0 aliphatic heterocycles. The minimum atomic E-state index is -4.16. The van der Waals surface area contributed by atoms with E-state index in [-0.39, 0.29) is 10.6 Å². The Morgan fingerprint density at radius 2 is 2.18 bits per heavy atom. The van der Waals surface area contributed by atoms with Gasteiger partial charge in [0.05, 0.1) is 4.92 Å². The average molecular weight is 282 g/mol. The van der Waals surface area contributed by atoms with Crippen molar-refractivity contribution >= 4 is 27.4 Å². The van der Waals surface area contributed by atoms with E-state index in [0.29, 0.717) is 0 Å². The van der Waals surface area contributed by atoms with Gasteiger partial charge in [0.25, 0.3) is 15.8 Å². The van der Waals surface area contributed by atoms with Crippen LogP contribution in [0.1, 0.15) is 0 Å². The number of hydrogen-bond acceptors (Lipinski definition) is 6. The molecule has 1 unspecified atom stereocenters. The van der Waals surface area contributed by atoms with Crippen LogP contribution in [-0.2, 0) is 14.3 Å². The van der Waals surface area contributed by atoms with Gasteiger partial charge in [-0.2, -0.15) is 8.42 Å². The van der Waals surface area contributed by atoms with E-state index in [9.17, 15) is 18.5 Å². The van der Waals surface area contributed by atoms with Gasteiger partial charge in [0.15, 0.2) is 5.56 Å². The minimum Gasteiger partial charge on any atom is -0.375 e. The maximum atomic E-state index is 11.5. The fraction of sp³-hybridized carbons (Fsp3) is 0.250. The first-order valence-electron chi connectivity index (χ1n) is 4.29. The summed E-state index contributed by atoms with van der Waals surface area (Å²) in [7, 11) is -4.16. The second-order valence-corrected chi connectivity index (χ2v) is 5.05. The Bertz CT molecular complexity index is 515. The van der Waals surface area contributed by atoms with Gasteiger partial charge >= 0.3 is 0 Å². The number of aliphatic hydroxyl groups excluding tert-OH is 1. The van der Waals surface area contributed by atoms with E-state index in [1.165, 1.54) is 6.07 Å². The predicted octanol–water partition coefficient (Wildman–Crippen LogP) is 0.857. The second-order valence-electron chi connectivity index (χ2n) is 2.93. The molecule has 1 rings (SSSR count). The summed E-state index contributed by atoms with van der Waals surface area (Å²) in [6, 6.07) is 4.36. The van der Waals surface area contributed by atoms with Crippen molar-refractivity contribution in [1.82, 2.24) is 0 Å². The molecule has 1 aromatic carbocycles. The normalized spacial score (nSPS) is 13.3. The quantitative estimate of drug-likeness (QED) is 0.371. The molecule has 0 amide bonds. The highest BCUT2D eigenvalue weighted by molar-refractivity contribution is 7.86. The molecule has 0 aromatic heterocycles. The van der Waals surface area contributed by atoms with Gasteiger partial charge in [0.1, 0.15) is 11.5 Å². The number of hydrogen-bond donors (Lipinski definition) is 1. The molecule has 1 atom stereocenters. The van der Waals surface area contributed by atoms with Gasteiger partial charge in [-0.05, 0) is 6.07 Å². The number of halogens is 1. The summed E-state index contributed by atoms with van der Waals surface area (Å²) in [5.74, 6) is 0. The molecule has 7 nitrogen and oxygen atoms in total. The molecule has 0 bridgehead atoms. The molecule has 94 valence electrons. The first-order chi connectivity index (χ1) is 7.83. The van der Waals surface area contributed by atoms with Gasteiger partial charge in [-0.15, -0.1) is 0 Å². The molecule has 0 spiro atoms. The van der Waals surface area contributed by atoms with Crippen LogP contribution in [0.15, 0.2) is 29.2 Å². The summed E-state index contributed by atoms with van der Waals surface area (Å²) >= 11 is 5.11. The predicted molar refractivity (Wildman–Crippen MR) is 58.1 cm³/mol. The van der Waals surface area contributed by atoms with Crippen molar-refractivity contribution in [2.24, 2.45) is 0 Å². The Hall–Kier alpha value is -1.22. The zero-order chi connectivity index (χ0) is 13.1. The lowest BCUT2D eigenvalue weighted by molar-refractivity contribution is -0.385. The van der Waals surface area contributed by atoms with Crippen molar-refractivity contribution in [3.05, 3.63) is 34.4 Å². The van der Waals surface area contributed by atoms with Crippen LogP contribution in [-0.4, -0.2) is 30.6 Å². The maximum absolute atomic E-state index is 11.5. The van der Waals surface area contributed by atoms with E-state index >= 15 is 0 Å². The third-order valence-corrected chi connectivity index (χ3v) is 3.08. The van der Waals surface area contributed by atoms with Crippen molar-refractivity contribution in [3.63, 3.8) is 0 Å². The summed E-state index contributed by atoms with van der Waals surface area (Å²) in [6.45, 7) is -0.632. The number of nitrogens with zero attached hydrogens (tertiary/aromatic N) is 1. The topological polar surface area (TPSA) is 107 Å². The molecule has 0 fully saturated rings. The number of nitro benzene ring substituents is 1. The highest BCUT2D eigenvalue weighted by atomic mass is 35.5. The Kier molecular flexibility index (Phi) is 4.40. The second kappa shape index (κ2) is 5.41. The van der Waals surface area contributed by atoms with Gasteiger partial charge in [-0.1, -0.05) is 17.7 Å². The number of nitro groups is 1. The number of aliphatic hydroxyl groups is 1. The number of rotatable bonds is 5. The highest BCUT2D eigenvalue weighted by Gasteiger charge is 2.19. The van der Waals surface area contributed by atoms with Gasteiger partial charge in [0, 0.05) is 12.1 Å². The molecule has 0 radical (unpaired) electrons. The fourth-order valence-electron chi connectivity index (χ4n) is 0.966.